The van der Waals surface area contributed by atoms with E-state index in [-0.39, 0.29) is 0 Å². The van der Waals surface area contributed by atoms with E-state index in [2.05, 4.69) is 15.3 Å². The molecule has 0 bridgehead atoms. The second-order valence-electron chi connectivity index (χ2n) is 4.11. The van der Waals surface area contributed by atoms with Crippen LogP contribution in [0.2, 0.25) is 5.02 Å². The molecule has 0 saturated carbocycles. The van der Waals surface area contributed by atoms with Crippen LogP contribution in [0.5, 0.6) is 0 Å². The Morgan fingerprint density at radius 3 is 2.90 bits per heavy atom. The normalized spacial score (nSPS) is 11.2. The highest BCUT2D eigenvalue weighted by molar-refractivity contribution is 7.19. The molecule has 1 aromatic carbocycles. The van der Waals surface area contributed by atoms with E-state index in [0.29, 0.717) is 15.8 Å². The number of furan rings is 1. The van der Waals surface area contributed by atoms with Crippen LogP contribution in [0.25, 0.3) is 27.1 Å². The highest BCUT2D eigenvalue weighted by Crippen LogP contribution is 2.28. The summed E-state index contributed by atoms with van der Waals surface area (Å²) in [4.78, 5) is 0.714. The highest BCUT2D eigenvalue weighted by Gasteiger charge is 2.15. The van der Waals surface area contributed by atoms with Crippen molar-refractivity contribution in [2.45, 2.75) is 0 Å². The number of fused-ring (bicyclic) bond motifs is 1. The van der Waals surface area contributed by atoms with Crippen LogP contribution >= 0.6 is 22.9 Å². The van der Waals surface area contributed by atoms with Gasteiger partial charge in [-0.25, -0.2) is 0 Å². The summed E-state index contributed by atoms with van der Waals surface area (Å²) in [6.07, 6.45) is 1.62. The molecule has 0 aliphatic heterocycles. The fraction of sp³-hybridized carbons (Fsp3) is 0. The molecule has 0 N–H and O–H groups in total. The van der Waals surface area contributed by atoms with Crippen LogP contribution in [-0.4, -0.2) is 19.8 Å². The second-order valence-corrected chi connectivity index (χ2v) is 5.51. The molecule has 7 heteroatoms. The predicted molar refractivity (Wildman–Crippen MR) is 76.8 cm³/mol. The lowest BCUT2D eigenvalue weighted by atomic mass is 10.2. The summed E-state index contributed by atoms with van der Waals surface area (Å²) in [6.45, 7) is 0. The lowest BCUT2D eigenvalue weighted by molar-refractivity contribution is 0.580. The Labute approximate surface area is 122 Å². The monoisotopic (exact) mass is 302 g/mol. The average Bonchev–Trinajstić information content (AvgIpc) is 3.14. The van der Waals surface area contributed by atoms with Crippen molar-refractivity contribution >= 4 is 27.9 Å². The van der Waals surface area contributed by atoms with E-state index >= 15 is 0 Å². The van der Waals surface area contributed by atoms with Crippen molar-refractivity contribution in [3.05, 3.63) is 47.7 Å². The molecular weight excluding hydrogens is 296 g/mol. The standard InChI is InChI=1S/C13H7ClN4OS/c14-9-4-1-3-8(7-9)11-15-16-13-18(11)17-12(20-13)10-5-2-6-19-10/h1-7H. The quantitative estimate of drug-likeness (QED) is 0.565. The Morgan fingerprint density at radius 1 is 1.15 bits per heavy atom. The van der Waals surface area contributed by atoms with Crippen LogP contribution in [0.15, 0.2) is 47.1 Å². The Bertz CT molecular complexity index is 881. The van der Waals surface area contributed by atoms with Gasteiger partial charge in [-0.2, -0.15) is 4.52 Å². The molecule has 0 aliphatic carbocycles. The predicted octanol–water partition coefficient (Wildman–Crippen LogP) is 3.77. The summed E-state index contributed by atoms with van der Waals surface area (Å²) in [5.74, 6) is 1.38. The van der Waals surface area contributed by atoms with Gasteiger partial charge >= 0.3 is 0 Å². The van der Waals surface area contributed by atoms with Crippen molar-refractivity contribution in [1.82, 2.24) is 19.8 Å². The molecule has 3 aromatic heterocycles. The third-order valence-electron chi connectivity index (χ3n) is 2.81. The van der Waals surface area contributed by atoms with E-state index < -0.39 is 0 Å². The molecule has 0 saturated heterocycles. The van der Waals surface area contributed by atoms with E-state index in [1.165, 1.54) is 11.3 Å². The molecule has 4 rings (SSSR count). The van der Waals surface area contributed by atoms with Gasteiger partial charge in [0.15, 0.2) is 16.6 Å². The molecule has 5 nitrogen and oxygen atoms in total. The van der Waals surface area contributed by atoms with Crippen LogP contribution in [0.3, 0.4) is 0 Å². The number of nitrogens with zero attached hydrogens (tertiary/aromatic N) is 4. The van der Waals surface area contributed by atoms with E-state index in [0.717, 1.165) is 16.3 Å². The topological polar surface area (TPSA) is 56.2 Å². The molecule has 0 aliphatic rings. The lowest BCUT2D eigenvalue weighted by Gasteiger charge is -1.97. The smallest absolute Gasteiger partial charge is 0.235 e. The molecule has 0 spiro atoms. The summed E-state index contributed by atoms with van der Waals surface area (Å²) in [7, 11) is 0. The fourth-order valence-corrected chi connectivity index (χ4v) is 2.92. The third-order valence-corrected chi connectivity index (χ3v) is 3.95. The second kappa shape index (κ2) is 4.43. The zero-order valence-corrected chi connectivity index (χ0v) is 11.6. The Morgan fingerprint density at radius 2 is 2.10 bits per heavy atom. The zero-order chi connectivity index (χ0) is 13.5. The molecule has 0 fully saturated rings. The Kier molecular flexibility index (Phi) is 2.58. The largest absolute Gasteiger partial charge is 0.462 e. The average molecular weight is 303 g/mol. The molecule has 3 heterocycles. The summed E-state index contributed by atoms with van der Waals surface area (Å²) in [5, 5.41) is 14.2. The minimum atomic E-state index is 0.653. The minimum absolute atomic E-state index is 0.653. The van der Waals surface area contributed by atoms with Gasteiger partial charge in [-0.3, -0.25) is 0 Å². The summed E-state index contributed by atoms with van der Waals surface area (Å²) in [6, 6.07) is 11.1. The van der Waals surface area contributed by atoms with E-state index in [1.807, 2.05) is 36.4 Å². The maximum absolute atomic E-state index is 6.01. The van der Waals surface area contributed by atoms with Crippen molar-refractivity contribution in [1.29, 1.82) is 0 Å². The van der Waals surface area contributed by atoms with Crippen LogP contribution < -0.4 is 0 Å². The van der Waals surface area contributed by atoms with Crippen molar-refractivity contribution in [3.63, 3.8) is 0 Å². The van der Waals surface area contributed by atoms with Gasteiger partial charge in [0.25, 0.3) is 0 Å². The van der Waals surface area contributed by atoms with E-state index in [1.54, 1.807) is 10.8 Å². The van der Waals surface area contributed by atoms with Gasteiger partial charge in [-0.05, 0) is 24.3 Å². The first-order valence-electron chi connectivity index (χ1n) is 5.83. The van der Waals surface area contributed by atoms with Gasteiger partial charge < -0.3 is 4.42 Å². The summed E-state index contributed by atoms with van der Waals surface area (Å²) >= 11 is 7.44. The minimum Gasteiger partial charge on any atom is -0.462 e. The van der Waals surface area contributed by atoms with Crippen molar-refractivity contribution in [2.75, 3.05) is 0 Å². The third kappa shape index (κ3) is 1.81. The van der Waals surface area contributed by atoms with Crippen molar-refractivity contribution in [2.24, 2.45) is 0 Å². The van der Waals surface area contributed by atoms with Gasteiger partial charge in [-0.15, -0.1) is 15.3 Å². The zero-order valence-electron chi connectivity index (χ0n) is 10.0. The molecule has 0 radical (unpaired) electrons. The van der Waals surface area contributed by atoms with E-state index in [4.69, 9.17) is 16.0 Å². The van der Waals surface area contributed by atoms with Crippen molar-refractivity contribution in [3.8, 4) is 22.2 Å². The molecule has 4 aromatic rings. The van der Waals surface area contributed by atoms with Gasteiger partial charge in [0.1, 0.15) is 0 Å². The lowest BCUT2D eigenvalue weighted by Crippen LogP contribution is -1.90. The molecule has 0 atom stereocenters. The first-order valence-corrected chi connectivity index (χ1v) is 7.03. The molecular formula is C13H7ClN4OS. The summed E-state index contributed by atoms with van der Waals surface area (Å²) < 4.78 is 7.05. The highest BCUT2D eigenvalue weighted by atomic mass is 35.5. The van der Waals surface area contributed by atoms with Crippen molar-refractivity contribution < 1.29 is 4.42 Å². The maximum Gasteiger partial charge on any atom is 0.235 e. The maximum atomic E-state index is 6.01. The Balaban J connectivity index is 1.89. The summed E-state index contributed by atoms with van der Waals surface area (Å²) in [5.41, 5.74) is 0.876. The number of halogens is 1. The first-order chi connectivity index (χ1) is 9.81. The molecule has 0 amide bonds. The molecule has 0 unspecified atom stereocenters. The fourth-order valence-electron chi connectivity index (χ4n) is 1.92. The number of hydrogen-bond donors (Lipinski definition) is 0. The van der Waals surface area contributed by atoms with Crippen LogP contribution in [0, 0.1) is 0 Å². The number of rotatable bonds is 2. The number of aromatic nitrogens is 4. The SMILES string of the molecule is Clc1cccc(-c2nnc3sc(-c4ccco4)nn23)c1. The molecule has 98 valence electrons. The number of benzene rings is 1. The first kappa shape index (κ1) is 11.6. The van der Waals surface area contributed by atoms with E-state index in [9.17, 15) is 0 Å². The van der Waals surface area contributed by atoms with Crippen LogP contribution in [0.1, 0.15) is 0 Å². The van der Waals surface area contributed by atoms with Gasteiger partial charge in [0.2, 0.25) is 4.96 Å². The van der Waals surface area contributed by atoms with Gasteiger partial charge in [0, 0.05) is 10.6 Å². The van der Waals surface area contributed by atoms with Crippen LogP contribution in [-0.2, 0) is 0 Å². The van der Waals surface area contributed by atoms with Crippen LogP contribution in [0.4, 0.5) is 0 Å². The Hall–Kier alpha value is -2.18. The van der Waals surface area contributed by atoms with Gasteiger partial charge in [0.05, 0.1) is 6.26 Å². The van der Waals surface area contributed by atoms with Gasteiger partial charge in [-0.1, -0.05) is 35.1 Å². The molecule has 20 heavy (non-hydrogen) atoms. The number of hydrogen-bond acceptors (Lipinski definition) is 5.